The largest absolute Gasteiger partial charge is 0.481 e. The van der Waals surface area contributed by atoms with Gasteiger partial charge in [0.2, 0.25) is 5.91 Å². The number of unbranched alkanes of at least 4 members (excludes halogenated alkanes) is 18. The van der Waals surface area contributed by atoms with Gasteiger partial charge in [0, 0.05) is 12.5 Å². The molecule has 0 aliphatic heterocycles. The number of halogens is 1. The molecule has 0 aromatic rings. The number of carboxylic acids is 1. The van der Waals surface area contributed by atoms with Crippen LogP contribution in [0.5, 0.6) is 0 Å². The fourth-order valence-corrected chi connectivity index (χ4v) is 7.73. The first-order valence-electron chi connectivity index (χ1n) is 19.6. The van der Waals surface area contributed by atoms with E-state index in [9.17, 15) is 9.59 Å². The Labute approximate surface area is 290 Å². The summed E-state index contributed by atoms with van der Waals surface area (Å²) in [6, 6.07) is 0. The van der Waals surface area contributed by atoms with Gasteiger partial charge < -0.3 is 16.2 Å². The number of nitrogens with one attached hydrogen (secondary N) is 1. The Bertz CT molecular complexity index is 821. The van der Waals surface area contributed by atoms with Crippen LogP contribution in [0.15, 0.2) is 24.3 Å². The number of hydrogen-bond donors (Lipinski definition) is 3. The van der Waals surface area contributed by atoms with Crippen LogP contribution in [0.3, 0.4) is 0 Å². The Morgan fingerprint density at radius 1 is 0.587 bits per heavy atom. The molecule has 4 aliphatic rings. The third-order valence-corrected chi connectivity index (χ3v) is 10.6. The number of carbonyl (C=O) groups is 2. The highest BCUT2D eigenvalue weighted by Crippen LogP contribution is 2.44. The average Bonchev–Trinajstić information content (AvgIpc) is 3.87. The lowest BCUT2D eigenvalue weighted by Gasteiger charge is -2.17. The summed E-state index contributed by atoms with van der Waals surface area (Å²) in [4.78, 5) is 22.7. The highest BCUT2D eigenvalue weighted by Gasteiger charge is 2.40. The van der Waals surface area contributed by atoms with E-state index in [2.05, 4.69) is 43.5 Å². The van der Waals surface area contributed by atoms with Crippen molar-refractivity contribution in [3.63, 3.8) is 0 Å². The summed E-state index contributed by atoms with van der Waals surface area (Å²) in [5.41, 5.74) is 5.42. The summed E-state index contributed by atoms with van der Waals surface area (Å²) in [6.45, 7) is 6.29. The van der Waals surface area contributed by atoms with Crippen LogP contribution >= 0.6 is 12.4 Å². The van der Waals surface area contributed by atoms with Gasteiger partial charge >= 0.3 is 5.97 Å². The molecule has 0 aromatic carbocycles. The van der Waals surface area contributed by atoms with E-state index in [0.29, 0.717) is 29.6 Å². The van der Waals surface area contributed by atoms with Gasteiger partial charge in [-0.15, -0.1) is 12.4 Å². The van der Waals surface area contributed by atoms with Crippen LogP contribution in [-0.2, 0) is 9.59 Å². The SMILES string of the molecule is CCCCCCCCCCCCN.CCCCCCCCCCCCNC(=O)C1CC2C=CC1C2.Cl.O=C(O)C1CC2C=CC1C2. The molecule has 0 radical (unpaired) electrons. The Balaban J connectivity index is 0.000000374. The number of fused-ring (bicyclic) bond motifs is 4. The summed E-state index contributed by atoms with van der Waals surface area (Å²) in [5, 5.41) is 11.9. The Morgan fingerprint density at radius 2 is 0.978 bits per heavy atom. The van der Waals surface area contributed by atoms with Gasteiger partial charge in [0.15, 0.2) is 0 Å². The minimum absolute atomic E-state index is 0. The minimum atomic E-state index is -0.614. The molecule has 5 nitrogen and oxygen atoms in total. The van der Waals surface area contributed by atoms with Gasteiger partial charge in [0.1, 0.15) is 0 Å². The Morgan fingerprint density at radius 3 is 1.30 bits per heavy atom. The van der Waals surface area contributed by atoms with Crippen molar-refractivity contribution in [2.75, 3.05) is 13.1 Å². The lowest BCUT2D eigenvalue weighted by atomic mass is 9.93. The van der Waals surface area contributed by atoms with E-state index in [-0.39, 0.29) is 24.2 Å². The maximum atomic E-state index is 12.2. The molecule has 0 saturated heterocycles. The maximum Gasteiger partial charge on any atom is 0.307 e. The first-order chi connectivity index (χ1) is 22.0. The Kier molecular flexibility index (Phi) is 25.6. The summed E-state index contributed by atoms with van der Waals surface area (Å²) >= 11 is 0. The molecule has 4 rings (SSSR count). The molecule has 0 aromatic heterocycles. The normalized spacial score (nSPS) is 24.6. The first-order valence-corrected chi connectivity index (χ1v) is 19.6. The van der Waals surface area contributed by atoms with Crippen molar-refractivity contribution in [1.29, 1.82) is 0 Å². The highest BCUT2D eigenvalue weighted by atomic mass is 35.5. The monoisotopic (exact) mass is 665 g/mol. The molecule has 6 atom stereocenters. The first kappa shape index (κ1) is 42.7. The van der Waals surface area contributed by atoms with E-state index < -0.39 is 5.97 Å². The van der Waals surface area contributed by atoms with Gasteiger partial charge in [0.05, 0.1) is 5.92 Å². The fourth-order valence-electron chi connectivity index (χ4n) is 7.73. The second kappa shape index (κ2) is 27.6. The van der Waals surface area contributed by atoms with Gasteiger partial charge in [-0.05, 0) is 68.7 Å². The van der Waals surface area contributed by atoms with E-state index >= 15 is 0 Å². The smallest absolute Gasteiger partial charge is 0.307 e. The predicted octanol–water partition coefficient (Wildman–Crippen LogP) is 10.8. The van der Waals surface area contributed by atoms with Crippen LogP contribution < -0.4 is 11.1 Å². The molecule has 4 N–H and O–H groups in total. The topological polar surface area (TPSA) is 92.4 Å². The molecule has 0 heterocycles. The minimum Gasteiger partial charge on any atom is -0.481 e. The van der Waals surface area contributed by atoms with Crippen molar-refractivity contribution < 1.29 is 14.7 Å². The third-order valence-electron chi connectivity index (χ3n) is 10.6. The Hall–Kier alpha value is -1.33. The molecule has 2 fully saturated rings. The summed E-state index contributed by atoms with van der Waals surface area (Å²) in [6.07, 6.45) is 40.5. The van der Waals surface area contributed by atoms with Gasteiger partial charge in [-0.1, -0.05) is 154 Å². The molecule has 2 saturated carbocycles. The zero-order valence-corrected chi connectivity index (χ0v) is 30.7. The van der Waals surface area contributed by atoms with Gasteiger partial charge in [0.25, 0.3) is 0 Å². The molecule has 0 spiro atoms. The molecule has 46 heavy (non-hydrogen) atoms. The quantitative estimate of drug-likeness (QED) is 0.0748. The zero-order valence-electron chi connectivity index (χ0n) is 29.9. The summed E-state index contributed by atoms with van der Waals surface area (Å²) in [7, 11) is 0. The van der Waals surface area contributed by atoms with Crippen LogP contribution in [0.25, 0.3) is 0 Å². The van der Waals surface area contributed by atoms with Crippen molar-refractivity contribution in [1.82, 2.24) is 5.32 Å². The van der Waals surface area contributed by atoms with Crippen LogP contribution in [0, 0.1) is 35.5 Å². The zero-order chi connectivity index (χ0) is 32.5. The third kappa shape index (κ3) is 18.3. The van der Waals surface area contributed by atoms with Crippen molar-refractivity contribution in [2.45, 2.75) is 168 Å². The van der Waals surface area contributed by atoms with Crippen LogP contribution in [-0.4, -0.2) is 30.1 Å². The molecule has 4 bridgehead atoms. The average molecular weight is 665 g/mol. The number of allylic oxidation sites excluding steroid dienone is 4. The van der Waals surface area contributed by atoms with Crippen molar-refractivity contribution in [3.05, 3.63) is 24.3 Å². The number of rotatable bonds is 23. The van der Waals surface area contributed by atoms with Crippen molar-refractivity contribution in [2.24, 2.45) is 41.2 Å². The summed E-state index contributed by atoms with van der Waals surface area (Å²) < 4.78 is 0. The number of amides is 1. The van der Waals surface area contributed by atoms with Crippen molar-refractivity contribution >= 4 is 24.3 Å². The number of carbonyl (C=O) groups excluding carboxylic acids is 1. The van der Waals surface area contributed by atoms with E-state index in [1.54, 1.807) is 0 Å². The van der Waals surface area contributed by atoms with E-state index in [1.165, 1.54) is 128 Å². The molecule has 4 aliphatic carbocycles. The van der Waals surface area contributed by atoms with Gasteiger partial charge in [-0.2, -0.15) is 0 Å². The fraction of sp³-hybridized carbons (Fsp3) is 0.850. The number of aliphatic carboxylic acids is 1. The van der Waals surface area contributed by atoms with Gasteiger partial charge in [-0.3, -0.25) is 9.59 Å². The molecule has 268 valence electrons. The van der Waals surface area contributed by atoms with E-state index in [1.807, 2.05) is 0 Å². The highest BCUT2D eigenvalue weighted by molar-refractivity contribution is 5.85. The van der Waals surface area contributed by atoms with E-state index in [0.717, 1.165) is 38.8 Å². The van der Waals surface area contributed by atoms with Gasteiger partial charge in [-0.25, -0.2) is 0 Å². The second-order valence-electron chi connectivity index (χ2n) is 14.6. The molecule has 6 heteroatoms. The van der Waals surface area contributed by atoms with Crippen molar-refractivity contribution in [3.8, 4) is 0 Å². The molecule has 6 unspecified atom stereocenters. The van der Waals surface area contributed by atoms with Crippen LogP contribution in [0.1, 0.15) is 168 Å². The lowest BCUT2D eigenvalue weighted by molar-refractivity contribution is -0.142. The number of nitrogens with two attached hydrogens (primary N) is 1. The molecular weight excluding hydrogens is 592 g/mol. The number of carboxylic acid groups (broad SMARTS) is 1. The number of hydrogen-bond acceptors (Lipinski definition) is 3. The summed E-state index contributed by atoms with van der Waals surface area (Å²) in [5.74, 6) is 2.06. The van der Waals surface area contributed by atoms with Crippen LogP contribution in [0.2, 0.25) is 0 Å². The van der Waals surface area contributed by atoms with E-state index in [4.69, 9.17) is 10.8 Å². The standard InChI is InChI=1S/C20H35NO.C12H27N.C8H10O2.ClH/c1-2-3-4-5-6-7-8-9-10-11-14-21-20(22)19-16-17-12-13-18(19)15-17;1-2-3-4-5-6-7-8-9-10-11-12-13;9-8(10)7-4-5-1-2-6(7)3-5;/h12-13,17-19H,2-11,14-16H2,1H3,(H,21,22);2-13H2,1H3;1-2,5-7H,3-4H2,(H,9,10);1H. The second-order valence-corrected chi connectivity index (χ2v) is 14.6. The lowest BCUT2D eigenvalue weighted by Crippen LogP contribution is -2.33. The molecule has 1 amide bonds. The maximum absolute atomic E-state index is 12.2. The molecular formula is C40H73ClN2O3. The predicted molar refractivity (Wildman–Crippen MR) is 198 cm³/mol. The van der Waals surface area contributed by atoms with Crippen LogP contribution in [0.4, 0.5) is 0 Å².